The van der Waals surface area contributed by atoms with E-state index in [-0.39, 0.29) is 5.82 Å². The molecule has 0 unspecified atom stereocenters. The molecule has 3 heteroatoms. The van der Waals surface area contributed by atoms with E-state index in [4.69, 9.17) is 11.6 Å². The molecule has 1 aliphatic carbocycles. The molecule has 2 aromatic rings. The average molecular weight is 290 g/mol. The second kappa shape index (κ2) is 5.55. The number of halogens is 2. The van der Waals surface area contributed by atoms with Crippen LogP contribution in [0, 0.1) is 12.7 Å². The first-order valence-electron chi connectivity index (χ1n) is 6.92. The first kappa shape index (κ1) is 13.6. The fourth-order valence-corrected chi connectivity index (χ4v) is 2.55. The van der Waals surface area contributed by atoms with Crippen molar-refractivity contribution in [2.75, 3.05) is 0 Å². The molecule has 1 N–H and O–H groups in total. The molecular weight excluding hydrogens is 273 g/mol. The summed E-state index contributed by atoms with van der Waals surface area (Å²) < 4.78 is 13.5. The largest absolute Gasteiger partial charge is 0.310 e. The molecule has 0 radical (unpaired) electrons. The highest BCUT2D eigenvalue weighted by atomic mass is 35.5. The lowest BCUT2D eigenvalue weighted by Crippen LogP contribution is -2.15. The third kappa shape index (κ3) is 3.02. The number of hydrogen-bond acceptors (Lipinski definition) is 1. The molecule has 1 nitrogen and oxygen atoms in total. The van der Waals surface area contributed by atoms with Gasteiger partial charge in [-0.25, -0.2) is 4.39 Å². The molecule has 0 aromatic heterocycles. The van der Waals surface area contributed by atoms with E-state index in [1.54, 1.807) is 6.07 Å². The standard InChI is InChI=1S/C17H17ClFN/c1-11-2-5-14(19)9-16(11)17-8-13(18)4-3-12(17)10-20-15-6-7-15/h2-5,8-9,15,20H,6-7,10H2,1H3. The zero-order valence-electron chi connectivity index (χ0n) is 11.4. The van der Waals surface area contributed by atoms with Gasteiger partial charge in [0.1, 0.15) is 5.82 Å². The van der Waals surface area contributed by atoms with Gasteiger partial charge in [0, 0.05) is 17.6 Å². The lowest BCUT2D eigenvalue weighted by atomic mass is 9.96. The Morgan fingerprint density at radius 3 is 2.70 bits per heavy atom. The van der Waals surface area contributed by atoms with E-state index in [2.05, 4.69) is 5.32 Å². The highest BCUT2D eigenvalue weighted by Crippen LogP contribution is 2.31. The van der Waals surface area contributed by atoms with Gasteiger partial charge in [-0.05, 0) is 66.3 Å². The van der Waals surface area contributed by atoms with Crippen molar-refractivity contribution in [3.8, 4) is 11.1 Å². The maximum absolute atomic E-state index is 13.5. The van der Waals surface area contributed by atoms with Crippen LogP contribution in [0.1, 0.15) is 24.0 Å². The van der Waals surface area contributed by atoms with Crippen LogP contribution in [0.25, 0.3) is 11.1 Å². The Balaban J connectivity index is 2.00. The number of aryl methyl sites for hydroxylation is 1. The summed E-state index contributed by atoms with van der Waals surface area (Å²) in [5.74, 6) is -0.216. The van der Waals surface area contributed by atoms with Gasteiger partial charge in [-0.3, -0.25) is 0 Å². The van der Waals surface area contributed by atoms with Crippen molar-refractivity contribution in [1.82, 2.24) is 5.32 Å². The number of hydrogen-bond donors (Lipinski definition) is 1. The van der Waals surface area contributed by atoms with Crippen molar-refractivity contribution in [3.63, 3.8) is 0 Å². The maximum atomic E-state index is 13.5. The highest BCUT2D eigenvalue weighted by molar-refractivity contribution is 6.30. The lowest BCUT2D eigenvalue weighted by Gasteiger charge is -2.13. The molecule has 104 valence electrons. The lowest BCUT2D eigenvalue weighted by molar-refractivity contribution is 0.628. The van der Waals surface area contributed by atoms with E-state index in [0.717, 1.165) is 28.8 Å². The van der Waals surface area contributed by atoms with E-state index >= 15 is 0 Å². The molecule has 1 aliphatic rings. The smallest absolute Gasteiger partial charge is 0.123 e. The van der Waals surface area contributed by atoms with E-state index < -0.39 is 0 Å². The Bertz CT molecular complexity index is 635. The molecule has 0 amide bonds. The molecule has 0 spiro atoms. The SMILES string of the molecule is Cc1ccc(F)cc1-c1cc(Cl)ccc1CNC1CC1. The molecule has 3 rings (SSSR count). The van der Waals surface area contributed by atoms with Gasteiger partial charge in [0.05, 0.1) is 0 Å². The number of rotatable bonds is 4. The average Bonchev–Trinajstić information content (AvgIpc) is 3.24. The van der Waals surface area contributed by atoms with Gasteiger partial charge < -0.3 is 5.32 Å². The van der Waals surface area contributed by atoms with Crippen LogP contribution < -0.4 is 5.32 Å². The van der Waals surface area contributed by atoms with Crippen molar-refractivity contribution in [2.24, 2.45) is 0 Å². The van der Waals surface area contributed by atoms with Gasteiger partial charge in [0.15, 0.2) is 0 Å². The van der Waals surface area contributed by atoms with E-state index in [1.807, 2.05) is 31.2 Å². The maximum Gasteiger partial charge on any atom is 0.123 e. The minimum absolute atomic E-state index is 0.216. The normalized spacial score (nSPS) is 14.6. The number of benzene rings is 2. The zero-order valence-corrected chi connectivity index (χ0v) is 12.2. The number of nitrogens with one attached hydrogen (secondary N) is 1. The summed E-state index contributed by atoms with van der Waals surface area (Å²) in [7, 11) is 0. The summed E-state index contributed by atoms with van der Waals surface area (Å²) in [6.45, 7) is 2.79. The topological polar surface area (TPSA) is 12.0 Å². The molecule has 20 heavy (non-hydrogen) atoms. The van der Waals surface area contributed by atoms with Crippen molar-refractivity contribution in [1.29, 1.82) is 0 Å². The second-order valence-electron chi connectivity index (χ2n) is 5.42. The summed E-state index contributed by atoms with van der Waals surface area (Å²) >= 11 is 6.12. The minimum Gasteiger partial charge on any atom is -0.310 e. The third-order valence-electron chi connectivity index (χ3n) is 3.72. The molecule has 0 aliphatic heterocycles. The fraction of sp³-hybridized carbons (Fsp3) is 0.294. The fourth-order valence-electron chi connectivity index (χ4n) is 2.38. The molecule has 1 fully saturated rings. The van der Waals surface area contributed by atoms with Crippen LogP contribution in [0.5, 0.6) is 0 Å². The summed E-state index contributed by atoms with van der Waals surface area (Å²) in [6, 6.07) is 11.4. The monoisotopic (exact) mass is 289 g/mol. The third-order valence-corrected chi connectivity index (χ3v) is 3.96. The Kier molecular flexibility index (Phi) is 3.77. The van der Waals surface area contributed by atoms with Crippen molar-refractivity contribution in [3.05, 3.63) is 58.4 Å². The second-order valence-corrected chi connectivity index (χ2v) is 5.85. The molecule has 0 bridgehead atoms. The van der Waals surface area contributed by atoms with Crippen LogP contribution in [-0.2, 0) is 6.54 Å². The molecule has 2 aromatic carbocycles. The van der Waals surface area contributed by atoms with Gasteiger partial charge in [0.2, 0.25) is 0 Å². The van der Waals surface area contributed by atoms with Crippen LogP contribution in [-0.4, -0.2) is 6.04 Å². The first-order valence-corrected chi connectivity index (χ1v) is 7.29. The zero-order chi connectivity index (χ0) is 14.1. The first-order chi connectivity index (χ1) is 9.63. The Morgan fingerprint density at radius 1 is 1.15 bits per heavy atom. The van der Waals surface area contributed by atoms with Gasteiger partial charge in [0.25, 0.3) is 0 Å². The Hall–Kier alpha value is -1.38. The van der Waals surface area contributed by atoms with Crippen LogP contribution in [0.2, 0.25) is 5.02 Å². The van der Waals surface area contributed by atoms with E-state index in [9.17, 15) is 4.39 Å². The van der Waals surface area contributed by atoms with Gasteiger partial charge in [-0.2, -0.15) is 0 Å². The van der Waals surface area contributed by atoms with Crippen LogP contribution in [0.4, 0.5) is 4.39 Å². The summed E-state index contributed by atoms with van der Waals surface area (Å²) in [5.41, 5.74) is 4.15. The summed E-state index contributed by atoms with van der Waals surface area (Å²) in [5, 5.41) is 4.18. The van der Waals surface area contributed by atoms with Crippen molar-refractivity contribution in [2.45, 2.75) is 32.4 Å². The van der Waals surface area contributed by atoms with Gasteiger partial charge >= 0.3 is 0 Å². The summed E-state index contributed by atoms with van der Waals surface area (Å²) in [6.07, 6.45) is 2.50. The Morgan fingerprint density at radius 2 is 1.95 bits per heavy atom. The highest BCUT2D eigenvalue weighted by Gasteiger charge is 2.20. The van der Waals surface area contributed by atoms with Gasteiger partial charge in [-0.1, -0.05) is 23.7 Å². The van der Waals surface area contributed by atoms with Crippen LogP contribution in [0.3, 0.4) is 0 Å². The summed E-state index contributed by atoms with van der Waals surface area (Å²) in [4.78, 5) is 0. The van der Waals surface area contributed by atoms with Crippen molar-refractivity contribution >= 4 is 11.6 Å². The van der Waals surface area contributed by atoms with Crippen LogP contribution >= 0.6 is 11.6 Å². The predicted octanol–water partition coefficient (Wildman–Crippen LogP) is 4.71. The van der Waals surface area contributed by atoms with E-state index in [0.29, 0.717) is 11.1 Å². The quantitative estimate of drug-likeness (QED) is 0.860. The molecule has 0 saturated heterocycles. The molecule has 0 atom stereocenters. The molecule has 0 heterocycles. The minimum atomic E-state index is -0.216. The van der Waals surface area contributed by atoms with Crippen LogP contribution in [0.15, 0.2) is 36.4 Å². The predicted molar refractivity (Wildman–Crippen MR) is 81.4 cm³/mol. The molecular formula is C17H17ClFN. The van der Waals surface area contributed by atoms with E-state index in [1.165, 1.54) is 18.9 Å². The van der Waals surface area contributed by atoms with Gasteiger partial charge in [-0.15, -0.1) is 0 Å². The molecule has 1 saturated carbocycles. The Labute approximate surface area is 123 Å². The van der Waals surface area contributed by atoms with Crippen molar-refractivity contribution < 1.29 is 4.39 Å².